The Morgan fingerprint density at radius 2 is 2.12 bits per heavy atom. The minimum atomic E-state index is -0.194. The summed E-state index contributed by atoms with van der Waals surface area (Å²) in [5, 5.41) is 5.02. The van der Waals surface area contributed by atoms with Gasteiger partial charge in [0.1, 0.15) is 4.32 Å². The molecule has 0 atom stereocenters. The average molecular weight is 454 g/mol. The molecular weight excluding hydrogens is 442 g/mol. The molecule has 2 heterocycles. The van der Waals surface area contributed by atoms with Crippen LogP contribution in [0.15, 0.2) is 45.2 Å². The minimum absolute atomic E-state index is 0.164. The van der Waals surface area contributed by atoms with E-state index in [4.69, 9.17) is 12.2 Å². The number of aromatic nitrogens is 1. The first-order valence-electron chi connectivity index (χ1n) is 7.23. The van der Waals surface area contributed by atoms with Crippen molar-refractivity contribution in [3.63, 3.8) is 0 Å². The number of halogens is 1. The van der Waals surface area contributed by atoms with Crippen molar-refractivity contribution >= 4 is 78.6 Å². The molecule has 1 aromatic carbocycles. The van der Waals surface area contributed by atoms with E-state index < -0.39 is 0 Å². The average Bonchev–Trinajstić information content (AvgIpc) is 3.17. The molecule has 3 rings (SSSR count). The van der Waals surface area contributed by atoms with Crippen LogP contribution in [0.4, 0.5) is 5.13 Å². The molecule has 1 saturated heterocycles. The Balaban J connectivity index is 1.61. The number of nitrogens with one attached hydrogen (secondary N) is 1. The normalized spacial score (nSPS) is 15.9. The highest BCUT2D eigenvalue weighted by molar-refractivity contribution is 9.10. The Bertz CT molecular complexity index is 835. The second kappa shape index (κ2) is 8.22. The third-order valence-corrected chi connectivity index (χ3v) is 5.88. The summed E-state index contributed by atoms with van der Waals surface area (Å²) in [4.78, 5) is 30.5. The molecule has 1 aliphatic heterocycles. The maximum Gasteiger partial charge on any atom is 0.266 e. The first kappa shape index (κ1) is 18.2. The van der Waals surface area contributed by atoms with Crippen molar-refractivity contribution < 1.29 is 9.59 Å². The second-order valence-corrected chi connectivity index (χ2v) is 8.51. The van der Waals surface area contributed by atoms with Crippen molar-refractivity contribution in [1.82, 2.24) is 9.88 Å². The quantitative estimate of drug-likeness (QED) is 0.544. The maximum atomic E-state index is 12.5. The number of carbonyl (C=O) groups excluding carboxylic acids is 2. The van der Waals surface area contributed by atoms with Gasteiger partial charge in [0.2, 0.25) is 5.91 Å². The van der Waals surface area contributed by atoms with Crippen LogP contribution in [-0.2, 0) is 9.59 Å². The number of hydrogen-bond donors (Lipinski definition) is 1. The summed E-state index contributed by atoms with van der Waals surface area (Å²) < 4.78 is 1.44. The molecule has 0 unspecified atom stereocenters. The summed E-state index contributed by atoms with van der Waals surface area (Å²) in [7, 11) is 0. The molecule has 2 aromatic rings. The van der Waals surface area contributed by atoms with Gasteiger partial charge in [0.15, 0.2) is 5.13 Å². The van der Waals surface area contributed by atoms with E-state index in [0.717, 1.165) is 10.0 Å². The molecule has 128 valence electrons. The van der Waals surface area contributed by atoms with Gasteiger partial charge in [-0.2, -0.15) is 0 Å². The molecule has 1 N–H and O–H groups in total. The molecule has 0 spiro atoms. The van der Waals surface area contributed by atoms with E-state index in [9.17, 15) is 9.59 Å². The molecule has 0 saturated carbocycles. The molecule has 1 aromatic heterocycles. The van der Waals surface area contributed by atoms with E-state index in [2.05, 4.69) is 26.2 Å². The van der Waals surface area contributed by atoms with Crippen LogP contribution in [-0.4, -0.2) is 32.6 Å². The number of amides is 2. The molecule has 9 heteroatoms. The molecule has 5 nitrogen and oxygen atoms in total. The Labute approximate surface area is 166 Å². The van der Waals surface area contributed by atoms with Crippen LogP contribution in [0.25, 0.3) is 6.08 Å². The highest BCUT2D eigenvalue weighted by atomic mass is 79.9. The number of thiocarbonyl (C=S) groups is 1. The van der Waals surface area contributed by atoms with Gasteiger partial charge in [-0.1, -0.05) is 52.0 Å². The number of anilines is 1. The summed E-state index contributed by atoms with van der Waals surface area (Å²) in [6, 6.07) is 7.65. The lowest BCUT2D eigenvalue weighted by atomic mass is 10.2. The van der Waals surface area contributed by atoms with Crippen molar-refractivity contribution in [2.75, 3.05) is 11.9 Å². The van der Waals surface area contributed by atoms with E-state index in [1.54, 1.807) is 17.7 Å². The van der Waals surface area contributed by atoms with Gasteiger partial charge >= 0.3 is 0 Å². The van der Waals surface area contributed by atoms with Gasteiger partial charge in [0, 0.05) is 29.0 Å². The monoisotopic (exact) mass is 453 g/mol. The van der Waals surface area contributed by atoms with Crippen LogP contribution >= 0.6 is 51.2 Å². The maximum absolute atomic E-state index is 12.5. The summed E-state index contributed by atoms with van der Waals surface area (Å²) in [5.41, 5.74) is 0.921. The van der Waals surface area contributed by atoms with E-state index in [-0.39, 0.29) is 24.8 Å². The van der Waals surface area contributed by atoms with Gasteiger partial charge in [-0.05, 0) is 23.8 Å². The van der Waals surface area contributed by atoms with Crippen LogP contribution in [0.3, 0.4) is 0 Å². The largest absolute Gasteiger partial charge is 0.302 e. The van der Waals surface area contributed by atoms with Crippen molar-refractivity contribution in [1.29, 1.82) is 0 Å². The molecule has 0 bridgehead atoms. The molecule has 1 fully saturated rings. The lowest BCUT2D eigenvalue weighted by Crippen LogP contribution is -2.31. The fourth-order valence-corrected chi connectivity index (χ4v) is 4.20. The summed E-state index contributed by atoms with van der Waals surface area (Å²) >= 11 is 11.3. The Morgan fingerprint density at radius 3 is 2.80 bits per heavy atom. The van der Waals surface area contributed by atoms with Gasteiger partial charge in [0.25, 0.3) is 5.91 Å². The number of thioether (sulfide) groups is 1. The fraction of sp³-hybridized carbons (Fsp3) is 0.125. The van der Waals surface area contributed by atoms with Crippen molar-refractivity contribution in [2.24, 2.45) is 0 Å². The Hall–Kier alpha value is -1.55. The fourth-order valence-electron chi connectivity index (χ4n) is 2.08. The van der Waals surface area contributed by atoms with Gasteiger partial charge in [-0.3, -0.25) is 14.5 Å². The SMILES string of the molecule is O=C(CCN1C(=O)C(=Cc2ccc(Br)cc2)SC1=S)Nc1nccs1. The van der Waals surface area contributed by atoms with Gasteiger partial charge in [0.05, 0.1) is 4.91 Å². The van der Waals surface area contributed by atoms with E-state index >= 15 is 0 Å². The van der Waals surface area contributed by atoms with Crippen molar-refractivity contribution in [2.45, 2.75) is 6.42 Å². The molecule has 1 aliphatic rings. The molecule has 0 radical (unpaired) electrons. The number of nitrogens with zero attached hydrogens (tertiary/aromatic N) is 2. The standard InChI is InChI=1S/C16H12BrN3O2S3/c17-11-3-1-10(2-4-11)9-12-14(22)20(16(23)25-12)7-5-13(21)19-15-18-6-8-24-15/h1-4,6,8-9H,5,7H2,(H,18,19,21). The zero-order chi connectivity index (χ0) is 17.8. The summed E-state index contributed by atoms with van der Waals surface area (Å²) in [6.45, 7) is 0.250. The smallest absolute Gasteiger partial charge is 0.266 e. The number of hydrogen-bond acceptors (Lipinski definition) is 6. The number of benzene rings is 1. The van der Waals surface area contributed by atoms with E-state index in [1.165, 1.54) is 28.0 Å². The molecule has 0 aliphatic carbocycles. The highest BCUT2D eigenvalue weighted by Gasteiger charge is 2.32. The Morgan fingerprint density at radius 1 is 1.36 bits per heavy atom. The van der Waals surface area contributed by atoms with E-state index in [1.807, 2.05) is 24.3 Å². The zero-order valence-electron chi connectivity index (χ0n) is 12.8. The van der Waals surface area contributed by atoms with Crippen molar-refractivity contribution in [3.8, 4) is 0 Å². The number of thiazole rings is 1. The summed E-state index contributed by atoms with van der Waals surface area (Å²) in [6.07, 6.45) is 3.59. The molecule has 25 heavy (non-hydrogen) atoms. The Kier molecular flexibility index (Phi) is 6.00. The lowest BCUT2D eigenvalue weighted by Gasteiger charge is -2.13. The van der Waals surface area contributed by atoms with Crippen LogP contribution in [0.2, 0.25) is 0 Å². The van der Waals surface area contributed by atoms with Gasteiger partial charge < -0.3 is 5.32 Å². The minimum Gasteiger partial charge on any atom is -0.302 e. The second-order valence-electron chi connectivity index (χ2n) is 5.02. The van der Waals surface area contributed by atoms with Crippen LogP contribution in [0.1, 0.15) is 12.0 Å². The predicted octanol–water partition coefficient (Wildman–Crippen LogP) is 4.14. The van der Waals surface area contributed by atoms with Gasteiger partial charge in [-0.25, -0.2) is 4.98 Å². The van der Waals surface area contributed by atoms with Crippen LogP contribution < -0.4 is 5.32 Å². The third kappa shape index (κ3) is 4.75. The van der Waals surface area contributed by atoms with Crippen molar-refractivity contribution in [3.05, 3.63) is 50.8 Å². The lowest BCUT2D eigenvalue weighted by molar-refractivity contribution is -0.122. The molecule has 2 amide bonds. The zero-order valence-corrected chi connectivity index (χ0v) is 16.8. The molecular formula is C16H12BrN3O2S3. The topological polar surface area (TPSA) is 62.3 Å². The van der Waals surface area contributed by atoms with Crippen LogP contribution in [0, 0.1) is 0 Å². The summed E-state index contributed by atoms with van der Waals surface area (Å²) in [5.74, 6) is -0.360. The highest BCUT2D eigenvalue weighted by Crippen LogP contribution is 2.32. The first-order valence-corrected chi connectivity index (χ1v) is 10.1. The number of carbonyl (C=O) groups is 2. The first-order chi connectivity index (χ1) is 12.0. The van der Waals surface area contributed by atoms with E-state index in [0.29, 0.717) is 14.4 Å². The van der Waals surface area contributed by atoms with Gasteiger partial charge in [-0.15, -0.1) is 11.3 Å². The predicted molar refractivity (Wildman–Crippen MR) is 109 cm³/mol. The van der Waals surface area contributed by atoms with Crippen LogP contribution in [0.5, 0.6) is 0 Å². The third-order valence-electron chi connectivity index (χ3n) is 3.28. The number of rotatable bonds is 5.